The molecule has 3 nitrogen and oxygen atoms in total. The molecular weight excluding hydrogens is 701 g/mol. The van der Waals surface area contributed by atoms with E-state index in [1.54, 1.807) is 0 Å². The van der Waals surface area contributed by atoms with E-state index >= 15 is 0 Å². The van der Waals surface area contributed by atoms with Gasteiger partial charge in [-0.25, -0.2) is 0 Å². The Labute approximate surface area is 328 Å². The van der Waals surface area contributed by atoms with E-state index < -0.39 is 0 Å². The van der Waals surface area contributed by atoms with Gasteiger partial charge in [-0.1, -0.05) is 133 Å². The van der Waals surface area contributed by atoms with Crippen LogP contribution in [0.25, 0.3) is 64.0 Å². The van der Waals surface area contributed by atoms with E-state index in [4.69, 9.17) is 4.42 Å². The van der Waals surface area contributed by atoms with Gasteiger partial charge < -0.3 is 14.2 Å². The number of fused-ring (bicyclic) bond motifs is 7. The fourth-order valence-corrected chi connectivity index (χ4v) is 9.47. The maximum absolute atomic E-state index is 6.26. The second-order valence-electron chi connectivity index (χ2n) is 14.1. The topological polar surface area (TPSA) is 19.6 Å². The van der Waals surface area contributed by atoms with Crippen LogP contribution in [0.3, 0.4) is 0 Å². The number of para-hydroxylation sites is 2. The second-order valence-corrected chi connectivity index (χ2v) is 15.2. The third kappa shape index (κ3) is 5.42. The van der Waals surface area contributed by atoms with Crippen molar-refractivity contribution in [3.63, 3.8) is 0 Å². The van der Waals surface area contributed by atoms with Crippen LogP contribution in [0.5, 0.6) is 0 Å². The molecule has 0 aliphatic heterocycles. The summed E-state index contributed by atoms with van der Waals surface area (Å²) in [7, 11) is 0. The molecule has 0 amide bonds. The SMILES string of the molecule is c1ccc(-c2cccc(N(c3ccc4c(c3)sc3c(N(c5ccccc5)c5cccc6ccccc56)cccc34)c3ccc4oc5ccccc5c4c3)c2)cc1. The third-order valence-electron chi connectivity index (χ3n) is 10.8. The highest BCUT2D eigenvalue weighted by molar-refractivity contribution is 7.26. The highest BCUT2D eigenvalue weighted by Crippen LogP contribution is 2.48. The molecule has 0 fully saturated rings. The van der Waals surface area contributed by atoms with Crippen molar-refractivity contribution in [3.8, 4) is 11.1 Å². The van der Waals surface area contributed by atoms with Crippen molar-refractivity contribution in [2.75, 3.05) is 9.80 Å². The van der Waals surface area contributed by atoms with Crippen molar-refractivity contribution in [1.82, 2.24) is 0 Å². The van der Waals surface area contributed by atoms with E-state index in [0.717, 1.165) is 56.1 Å². The van der Waals surface area contributed by atoms with Gasteiger partial charge in [-0.05, 0) is 89.3 Å². The lowest BCUT2D eigenvalue weighted by atomic mass is 10.0. The van der Waals surface area contributed by atoms with E-state index in [1.807, 2.05) is 23.5 Å². The summed E-state index contributed by atoms with van der Waals surface area (Å²) in [5, 5.41) is 7.15. The predicted octanol–water partition coefficient (Wildman–Crippen LogP) is 15.7. The molecule has 0 saturated carbocycles. The molecule has 0 N–H and O–H groups in total. The van der Waals surface area contributed by atoms with E-state index in [2.05, 4.69) is 204 Å². The van der Waals surface area contributed by atoms with Crippen molar-refractivity contribution in [3.05, 3.63) is 206 Å². The van der Waals surface area contributed by atoms with Crippen molar-refractivity contribution in [2.45, 2.75) is 0 Å². The average Bonchev–Trinajstić information content (AvgIpc) is 3.83. The van der Waals surface area contributed by atoms with Gasteiger partial charge in [0.2, 0.25) is 0 Å². The molecule has 0 spiro atoms. The third-order valence-corrected chi connectivity index (χ3v) is 12.0. The van der Waals surface area contributed by atoms with Gasteiger partial charge in [-0.3, -0.25) is 0 Å². The van der Waals surface area contributed by atoms with Crippen molar-refractivity contribution in [2.24, 2.45) is 0 Å². The monoisotopic (exact) mass is 734 g/mol. The maximum atomic E-state index is 6.26. The molecule has 2 heterocycles. The highest BCUT2D eigenvalue weighted by atomic mass is 32.1. The summed E-state index contributed by atoms with van der Waals surface area (Å²) in [5.74, 6) is 0. The lowest BCUT2D eigenvalue weighted by molar-refractivity contribution is 0.669. The first-order chi connectivity index (χ1) is 27.8. The second kappa shape index (κ2) is 13.3. The fourth-order valence-electron chi connectivity index (χ4n) is 8.23. The van der Waals surface area contributed by atoms with Crippen LogP contribution in [0.4, 0.5) is 34.1 Å². The first kappa shape index (κ1) is 32.3. The predicted molar refractivity (Wildman–Crippen MR) is 239 cm³/mol. The molecule has 0 aliphatic carbocycles. The van der Waals surface area contributed by atoms with Gasteiger partial charge in [-0.2, -0.15) is 0 Å². The Morgan fingerprint density at radius 1 is 0.339 bits per heavy atom. The summed E-state index contributed by atoms with van der Waals surface area (Å²) < 4.78 is 8.75. The fraction of sp³-hybridized carbons (Fsp3) is 0. The zero-order valence-electron chi connectivity index (χ0n) is 30.3. The van der Waals surface area contributed by atoms with E-state index in [9.17, 15) is 0 Å². The maximum Gasteiger partial charge on any atom is 0.135 e. The van der Waals surface area contributed by atoms with Crippen LogP contribution >= 0.6 is 11.3 Å². The zero-order chi connectivity index (χ0) is 37.0. The summed E-state index contributed by atoms with van der Waals surface area (Å²) in [6.07, 6.45) is 0. The summed E-state index contributed by atoms with van der Waals surface area (Å²) in [6.45, 7) is 0. The van der Waals surface area contributed by atoms with Crippen LogP contribution in [0.2, 0.25) is 0 Å². The average molecular weight is 735 g/mol. The standard InChI is InChI=1S/C52H34N2OS/c1-3-14-35(15-4-1)37-18-11-21-39(32-37)53(40-29-31-50-46(33-40)43-23-9-10-27-49(43)55-50)41-28-30-44-45-24-13-26-48(52(45)56-51(44)34-41)54(38-19-5-2-6-20-38)47-25-12-17-36-16-7-8-22-42(36)47/h1-34H. The number of furan rings is 1. The Morgan fingerprint density at radius 3 is 1.84 bits per heavy atom. The number of rotatable bonds is 7. The quantitative estimate of drug-likeness (QED) is 0.163. The minimum Gasteiger partial charge on any atom is -0.456 e. The Hall–Kier alpha value is -7.14. The molecule has 11 aromatic rings. The minimum absolute atomic E-state index is 0.884. The normalized spacial score (nSPS) is 11.6. The first-order valence-corrected chi connectivity index (χ1v) is 19.7. The number of nitrogens with zero attached hydrogens (tertiary/aromatic N) is 2. The Bertz CT molecular complexity index is 3210. The molecule has 2 aromatic heterocycles. The number of hydrogen-bond donors (Lipinski definition) is 0. The number of anilines is 6. The van der Waals surface area contributed by atoms with Crippen LogP contribution in [-0.2, 0) is 0 Å². The molecular formula is C52H34N2OS. The zero-order valence-corrected chi connectivity index (χ0v) is 31.2. The molecule has 9 aromatic carbocycles. The van der Waals surface area contributed by atoms with Crippen LogP contribution in [0.15, 0.2) is 211 Å². The first-order valence-electron chi connectivity index (χ1n) is 18.9. The lowest BCUT2D eigenvalue weighted by Gasteiger charge is -2.27. The van der Waals surface area contributed by atoms with Crippen molar-refractivity contribution >= 4 is 98.3 Å². The van der Waals surface area contributed by atoms with Crippen molar-refractivity contribution < 1.29 is 4.42 Å². The van der Waals surface area contributed by atoms with E-state index in [0.29, 0.717) is 0 Å². The van der Waals surface area contributed by atoms with Gasteiger partial charge in [0.15, 0.2) is 0 Å². The van der Waals surface area contributed by atoms with Gasteiger partial charge in [-0.15, -0.1) is 11.3 Å². The van der Waals surface area contributed by atoms with E-state index in [1.165, 1.54) is 42.1 Å². The molecule has 0 atom stereocenters. The van der Waals surface area contributed by atoms with Gasteiger partial charge in [0, 0.05) is 54.4 Å². The smallest absolute Gasteiger partial charge is 0.135 e. The minimum atomic E-state index is 0.884. The molecule has 264 valence electrons. The number of benzene rings is 9. The summed E-state index contributed by atoms with van der Waals surface area (Å²) in [5.41, 5.74) is 10.8. The van der Waals surface area contributed by atoms with Crippen LogP contribution in [-0.4, -0.2) is 0 Å². The van der Waals surface area contributed by atoms with Gasteiger partial charge in [0.1, 0.15) is 11.2 Å². The molecule has 56 heavy (non-hydrogen) atoms. The molecule has 11 rings (SSSR count). The van der Waals surface area contributed by atoms with E-state index in [-0.39, 0.29) is 0 Å². The Balaban J connectivity index is 1.11. The van der Waals surface area contributed by atoms with Crippen LogP contribution in [0, 0.1) is 0 Å². The molecule has 0 radical (unpaired) electrons. The Kier molecular flexibility index (Phi) is 7.68. The molecule has 0 aliphatic rings. The highest BCUT2D eigenvalue weighted by Gasteiger charge is 2.21. The summed E-state index contributed by atoms with van der Waals surface area (Å²) >= 11 is 1.86. The largest absolute Gasteiger partial charge is 0.456 e. The van der Waals surface area contributed by atoms with Gasteiger partial charge in [0.25, 0.3) is 0 Å². The molecule has 0 unspecified atom stereocenters. The van der Waals surface area contributed by atoms with Crippen LogP contribution in [0.1, 0.15) is 0 Å². The lowest BCUT2D eigenvalue weighted by Crippen LogP contribution is -2.10. The number of hydrogen-bond acceptors (Lipinski definition) is 4. The summed E-state index contributed by atoms with van der Waals surface area (Å²) in [4.78, 5) is 4.80. The van der Waals surface area contributed by atoms with Gasteiger partial charge in [0.05, 0.1) is 16.1 Å². The van der Waals surface area contributed by atoms with Crippen LogP contribution < -0.4 is 9.80 Å². The summed E-state index contributed by atoms with van der Waals surface area (Å²) in [6, 6.07) is 73.9. The van der Waals surface area contributed by atoms with Gasteiger partial charge >= 0.3 is 0 Å². The molecule has 0 bridgehead atoms. The Morgan fingerprint density at radius 2 is 0.946 bits per heavy atom. The molecule has 4 heteroatoms. The number of thiophene rings is 1. The van der Waals surface area contributed by atoms with Crippen molar-refractivity contribution in [1.29, 1.82) is 0 Å². The molecule has 0 saturated heterocycles.